The first-order valence-electron chi connectivity index (χ1n) is 6.15. The highest BCUT2D eigenvalue weighted by atomic mass is 16.3. The molecule has 0 saturated heterocycles. The van der Waals surface area contributed by atoms with Gasteiger partial charge in [-0.3, -0.25) is 0 Å². The van der Waals surface area contributed by atoms with Crippen molar-refractivity contribution in [1.29, 1.82) is 0 Å². The summed E-state index contributed by atoms with van der Waals surface area (Å²) in [5.41, 5.74) is 2.15. The van der Waals surface area contributed by atoms with Gasteiger partial charge in [0, 0.05) is 31.5 Å². The molecule has 0 amide bonds. The molecular weight excluding hydrogens is 226 g/mol. The average Bonchev–Trinajstić information content (AvgIpc) is 2.89. The highest BCUT2D eigenvalue weighted by Crippen LogP contribution is 2.05. The molecule has 0 aliphatic carbocycles. The lowest BCUT2D eigenvalue weighted by Gasteiger charge is -2.14. The quantitative estimate of drug-likeness (QED) is 0.812. The van der Waals surface area contributed by atoms with Crippen LogP contribution in [0.15, 0.2) is 43.0 Å². The summed E-state index contributed by atoms with van der Waals surface area (Å²) in [5.74, 6) is 0. The standard InChI is InChI=1S/C14H19N3O/c1-12(9-17-6-5-15-11-17)16-8-13-3-2-4-14(7-13)10-18/h2-7,11-12,16,18H,8-10H2,1H3. The molecule has 1 atom stereocenters. The van der Waals surface area contributed by atoms with Crippen LogP contribution in [0.3, 0.4) is 0 Å². The van der Waals surface area contributed by atoms with Gasteiger partial charge in [-0.1, -0.05) is 24.3 Å². The molecule has 18 heavy (non-hydrogen) atoms. The Balaban J connectivity index is 1.83. The van der Waals surface area contributed by atoms with Crippen LogP contribution in [0.5, 0.6) is 0 Å². The molecule has 0 saturated carbocycles. The summed E-state index contributed by atoms with van der Waals surface area (Å²) in [6.45, 7) is 3.96. The zero-order valence-corrected chi connectivity index (χ0v) is 10.6. The second-order valence-corrected chi connectivity index (χ2v) is 4.52. The Bertz CT molecular complexity index is 468. The van der Waals surface area contributed by atoms with E-state index in [1.165, 1.54) is 5.56 Å². The van der Waals surface area contributed by atoms with Gasteiger partial charge in [0.05, 0.1) is 12.9 Å². The van der Waals surface area contributed by atoms with E-state index in [2.05, 4.69) is 27.9 Å². The highest BCUT2D eigenvalue weighted by Gasteiger charge is 2.02. The van der Waals surface area contributed by atoms with Crippen LogP contribution < -0.4 is 5.32 Å². The van der Waals surface area contributed by atoms with Crippen LogP contribution in [0.25, 0.3) is 0 Å². The van der Waals surface area contributed by atoms with Crippen LogP contribution in [-0.4, -0.2) is 20.7 Å². The monoisotopic (exact) mass is 245 g/mol. The van der Waals surface area contributed by atoms with E-state index >= 15 is 0 Å². The van der Waals surface area contributed by atoms with Crippen molar-refractivity contribution in [2.45, 2.75) is 32.7 Å². The number of aromatic nitrogens is 2. The van der Waals surface area contributed by atoms with E-state index in [1.54, 1.807) is 6.20 Å². The van der Waals surface area contributed by atoms with Gasteiger partial charge in [0.1, 0.15) is 0 Å². The van der Waals surface area contributed by atoms with Crippen LogP contribution in [0.2, 0.25) is 0 Å². The minimum absolute atomic E-state index is 0.0957. The molecule has 1 aromatic carbocycles. The fourth-order valence-corrected chi connectivity index (χ4v) is 1.91. The third kappa shape index (κ3) is 3.68. The molecule has 0 bridgehead atoms. The Labute approximate surface area is 107 Å². The molecule has 2 aromatic rings. The predicted molar refractivity (Wildman–Crippen MR) is 70.9 cm³/mol. The van der Waals surface area contributed by atoms with Gasteiger partial charge >= 0.3 is 0 Å². The lowest BCUT2D eigenvalue weighted by atomic mass is 10.1. The minimum Gasteiger partial charge on any atom is -0.392 e. The summed E-state index contributed by atoms with van der Waals surface area (Å²) in [4.78, 5) is 4.02. The summed E-state index contributed by atoms with van der Waals surface area (Å²) < 4.78 is 2.06. The fraction of sp³-hybridized carbons (Fsp3) is 0.357. The van der Waals surface area contributed by atoms with Crippen LogP contribution in [0, 0.1) is 0 Å². The van der Waals surface area contributed by atoms with Crippen molar-refractivity contribution in [3.8, 4) is 0 Å². The molecule has 4 heteroatoms. The van der Waals surface area contributed by atoms with Crippen LogP contribution in [-0.2, 0) is 19.7 Å². The van der Waals surface area contributed by atoms with E-state index in [1.807, 2.05) is 30.7 Å². The Kier molecular flexibility index (Phi) is 4.50. The first-order chi connectivity index (χ1) is 8.78. The van der Waals surface area contributed by atoms with Crippen molar-refractivity contribution in [2.24, 2.45) is 0 Å². The van der Waals surface area contributed by atoms with E-state index in [-0.39, 0.29) is 6.61 Å². The molecule has 2 rings (SSSR count). The zero-order chi connectivity index (χ0) is 12.8. The lowest BCUT2D eigenvalue weighted by molar-refractivity contribution is 0.281. The molecule has 0 aliphatic rings. The number of nitrogens with one attached hydrogen (secondary N) is 1. The molecule has 0 radical (unpaired) electrons. The maximum absolute atomic E-state index is 9.08. The molecule has 2 N–H and O–H groups in total. The highest BCUT2D eigenvalue weighted by molar-refractivity contribution is 5.22. The molecule has 1 heterocycles. The Morgan fingerprint density at radius 2 is 2.22 bits per heavy atom. The van der Waals surface area contributed by atoms with Crippen molar-refractivity contribution >= 4 is 0 Å². The van der Waals surface area contributed by atoms with E-state index in [4.69, 9.17) is 5.11 Å². The van der Waals surface area contributed by atoms with Gasteiger partial charge in [-0.25, -0.2) is 4.98 Å². The average molecular weight is 245 g/mol. The Morgan fingerprint density at radius 1 is 1.39 bits per heavy atom. The molecule has 0 aliphatic heterocycles. The van der Waals surface area contributed by atoms with Crippen molar-refractivity contribution in [3.63, 3.8) is 0 Å². The topological polar surface area (TPSA) is 50.1 Å². The SMILES string of the molecule is CC(Cn1ccnc1)NCc1cccc(CO)c1. The van der Waals surface area contributed by atoms with Gasteiger partial charge in [-0.05, 0) is 18.1 Å². The second kappa shape index (κ2) is 6.33. The van der Waals surface area contributed by atoms with Crippen LogP contribution in [0.4, 0.5) is 0 Å². The number of aliphatic hydroxyl groups excluding tert-OH is 1. The predicted octanol–water partition coefficient (Wildman–Crippen LogP) is 1.55. The number of aliphatic hydroxyl groups is 1. The Hall–Kier alpha value is -1.65. The summed E-state index contributed by atoms with van der Waals surface area (Å²) in [5, 5.41) is 12.5. The molecule has 0 fully saturated rings. The molecule has 4 nitrogen and oxygen atoms in total. The van der Waals surface area contributed by atoms with Crippen molar-refractivity contribution < 1.29 is 5.11 Å². The molecule has 1 unspecified atom stereocenters. The minimum atomic E-state index is 0.0957. The number of rotatable bonds is 6. The van der Waals surface area contributed by atoms with Crippen LogP contribution in [0.1, 0.15) is 18.1 Å². The van der Waals surface area contributed by atoms with Crippen molar-refractivity contribution in [2.75, 3.05) is 0 Å². The first-order valence-corrected chi connectivity index (χ1v) is 6.15. The molecular formula is C14H19N3O. The number of hydrogen-bond acceptors (Lipinski definition) is 3. The first kappa shape index (κ1) is 12.8. The Morgan fingerprint density at radius 3 is 2.94 bits per heavy atom. The summed E-state index contributed by atoms with van der Waals surface area (Å²) >= 11 is 0. The van der Waals surface area contributed by atoms with E-state index in [9.17, 15) is 0 Å². The summed E-state index contributed by atoms with van der Waals surface area (Å²) in [7, 11) is 0. The lowest BCUT2D eigenvalue weighted by Crippen LogP contribution is -2.29. The van der Waals surface area contributed by atoms with Gasteiger partial charge < -0.3 is 15.0 Å². The third-order valence-electron chi connectivity index (χ3n) is 2.87. The van der Waals surface area contributed by atoms with Crippen molar-refractivity contribution in [3.05, 3.63) is 54.1 Å². The molecule has 96 valence electrons. The van der Waals surface area contributed by atoms with Crippen molar-refractivity contribution in [1.82, 2.24) is 14.9 Å². The van der Waals surface area contributed by atoms with Gasteiger partial charge in [0.25, 0.3) is 0 Å². The van der Waals surface area contributed by atoms with Gasteiger partial charge in [-0.15, -0.1) is 0 Å². The normalized spacial score (nSPS) is 12.6. The van der Waals surface area contributed by atoms with E-state index in [0.29, 0.717) is 6.04 Å². The van der Waals surface area contributed by atoms with Gasteiger partial charge in [0.15, 0.2) is 0 Å². The number of imidazole rings is 1. The molecule has 0 spiro atoms. The van der Waals surface area contributed by atoms with E-state index < -0.39 is 0 Å². The smallest absolute Gasteiger partial charge is 0.0946 e. The zero-order valence-electron chi connectivity index (χ0n) is 10.6. The third-order valence-corrected chi connectivity index (χ3v) is 2.87. The maximum Gasteiger partial charge on any atom is 0.0946 e. The van der Waals surface area contributed by atoms with Gasteiger partial charge in [0.2, 0.25) is 0 Å². The number of benzene rings is 1. The van der Waals surface area contributed by atoms with E-state index in [0.717, 1.165) is 18.7 Å². The number of nitrogens with zero attached hydrogens (tertiary/aromatic N) is 2. The van der Waals surface area contributed by atoms with Crippen LogP contribution >= 0.6 is 0 Å². The molecule has 1 aromatic heterocycles. The fourth-order valence-electron chi connectivity index (χ4n) is 1.91. The number of hydrogen-bond donors (Lipinski definition) is 2. The summed E-state index contributed by atoms with van der Waals surface area (Å²) in [6, 6.07) is 8.37. The maximum atomic E-state index is 9.08. The summed E-state index contributed by atoms with van der Waals surface area (Å²) in [6.07, 6.45) is 5.58. The van der Waals surface area contributed by atoms with Gasteiger partial charge in [-0.2, -0.15) is 0 Å². The largest absolute Gasteiger partial charge is 0.392 e. The second-order valence-electron chi connectivity index (χ2n) is 4.52.